The standard InChI is InChI=1S/C19H17N3OS/c1-14(12-20)24-19-21-13-18(15-7-4-3-5-8-15)22(19)16-9-6-10-17(11-16)23-2/h3-11,13-14H,1-2H3/t14-/m1/s1. The van der Waals surface area contributed by atoms with Gasteiger partial charge in [0.1, 0.15) is 5.75 Å². The number of imidazole rings is 1. The minimum absolute atomic E-state index is 0.180. The number of thioether (sulfide) groups is 1. The minimum atomic E-state index is -0.180. The molecule has 120 valence electrons. The topological polar surface area (TPSA) is 50.8 Å². The molecule has 0 saturated carbocycles. The van der Waals surface area contributed by atoms with Crippen LogP contribution in [0, 0.1) is 11.3 Å². The number of nitrogens with zero attached hydrogens (tertiary/aromatic N) is 3. The quantitative estimate of drug-likeness (QED) is 0.642. The van der Waals surface area contributed by atoms with Gasteiger partial charge in [0, 0.05) is 11.6 Å². The fourth-order valence-corrected chi connectivity index (χ4v) is 3.21. The Bertz CT molecular complexity index is 868. The zero-order chi connectivity index (χ0) is 16.9. The van der Waals surface area contributed by atoms with Crippen molar-refractivity contribution >= 4 is 11.8 Å². The molecule has 3 rings (SSSR count). The summed E-state index contributed by atoms with van der Waals surface area (Å²) < 4.78 is 7.41. The average Bonchev–Trinajstić information content (AvgIpc) is 3.05. The van der Waals surface area contributed by atoms with E-state index in [-0.39, 0.29) is 5.25 Å². The molecule has 0 radical (unpaired) electrons. The van der Waals surface area contributed by atoms with Crippen molar-refractivity contribution in [2.75, 3.05) is 7.11 Å². The van der Waals surface area contributed by atoms with E-state index in [1.54, 1.807) is 7.11 Å². The second-order valence-corrected chi connectivity index (χ2v) is 6.53. The normalized spacial score (nSPS) is 11.7. The predicted octanol–water partition coefficient (Wildman–Crippen LogP) is 4.55. The second-order valence-electron chi connectivity index (χ2n) is 5.22. The molecule has 5 heteroatoms. The molecule has 2 aromatic carbocycles. The van der Waals surface area contributed by atoms with E-state index < -0.39 is 0 Å². The van der Waals surface area contributed by atoms with Crippen molar-refractivity contribution < 1.29 is 4.74 Å². The first kappa shape index (κ1) is 16.2. The minimum Gasteiger partial charge on any atom is -0.497 e. The van der Waals surface area contributed by atoms with Gasteiger partial charge in [-0.15, -0.1) is 0 Å². The summed E-state index contributed by atoms with van der Waals surface area (Å²) in [5, 5.41) is 9.74. The third kappa shape index (κ3) is 3.29. The molecule has 1 aromatic heterocycles. The Morgan fingerprint density at radius 3 is 2.67 bits per heavy atom. The van der Waals surface area contributed by atoms with E-state index in [0.717, 1.165) is 27.9 Å². The van der Waals surface area contributed by atoms with Crippen LogP contribution in [0.2, 0.25) is 0 Å². The molecule has 0 amide bonds. The van der Waals surface area contributed by atoms with E-state index in [4.69, 9.17) is 10.00 Å². The Labute approximate surface area is 145 Å². The van der Waals surface area contributed by atoms with Gasteiger partial charge in [0.25, 0.3) is 0 Å². The van der Waals surface area contributed by atoms with E-state index >= 15 is 0 Å². The van der Waals surface area contributed by atoms with Crippen molar-refractivity contribution in [3.63, 3.8) is 0 Å². The molecule has 0 N–H and O–H groups in total. The molecule has 0 aliphatic rings. The van der Waals surface area contributed by atoms with Gasteiger partial charge >= 0.3 is 0 Å². The fraction of sp³-hybridized carbons (Fsp3) is 0.158. The van der Waals surface area contributed by atoms with E-state index in [9.17, 15) is 0 Å². The van der Waals surface area contributed by atoms with E-state index in [0.29, 0.717) is 0 Å². The van der Waals surface area contributed by atoms with Crippen LogP contribution >= 0.6 is 11.8 Å². The fourth-order valence-electron chi connectivity index (χ4n) is 2.41. The number of benzene rings is 2. The Hall–Kier alpha value is -2.71. The highest BCUT2D eigenvalue weighted by molar-refractivity contribution is 8.00. The Balaban J connectivity index is 2.16. The van der Waals surface area contributed by atoms with Gasteiger partial charge in [0.2, 0.25) is 0 Å². The first-order valence-corrected chi connectivity index (χ1v) is 8.44. The van der Waals surface area contributed by atoms with Crippen molar-refractivity contribution in [3.8, 4) is 28.8 Å². The van der Waals surface area contributed by atoms with Crippen molar-refractivity contribution in [2.45, 2.75) is 17.3 Å². The molecular formula is C19H17N3OS. The van der Waals surface area contributed by atoms with Crippen LogP contribution in [-0.2, 0) is 0 Å². The maximum atomic E-state index is 9.14. The smallest absolute Gasteiger partial charge is 0.174 e. The van der Waals surface area contributed by atoms with Gasteiger partial charge in [-0.2, -0.15) is 5.26 Å². The Morgan fingerprint density at radius 2 is 1.96 bits per heavy atom. The van der Waals surface area contributed by atoms with Crippen LogP contribution in [-0.4, -0.2) is 21.9 Å². The summed E-state index contributed by atoms with van der Waals surface area (Å²) in [6.07, 6.45) is 1.85. The molecule has 1 atom stereocenters. The maximum absolute atomic E-state index is 9.14. The summed E-state index contributed by atoms with van der Waals surface area (Å²) in [6, 6.07) is 20.2. The van der Waals surface area contributed by atoms with Crippen LogP contribution in [0.15, 0.2) is 66.0 Å². The third-order valence-corrected chi connectivity index (χ3v) is 4.53. The largest absolute Gasteiger partial charge is 0.497 e. The predicted molar refractivity (Wildman–Crippen MR) is 96.5 cm³/mol. The summed E-state index contributed by atoms with van der Waals surface area (Å²) in [4.78, 5) is 4.55. The number of nitriles is 1. The molecular weight excluding hydrogens is 318 g/mol. The number of aromatic nitrogens is 2. The maximum Gasteiger partial charge on any atom is 0.174 e. The summed E-state index contributed by atoms with van der Waals surface area (Å²) in [5.41, 5.74) is 3.01. The van der Waals surface area contributed by atoms with E-state index in [1.807, 2.05) is 55.6 Å². The average molecular weight is 335 g/mol. The molecule has 0 aliphatic heterocycles. The second kappa shape index (κ2) is 7.24. The van der Waals surface area contributed by atoms with Gasteiger partial charge in [0.15, 0.2) is 5.16 Å². The van der Waals surface area contributed by atoms with Gasteiger partial charge in [-0.25, -0.2) is 4.98 Å². The first-order chi connectivity index (χ1) is 11.7. The summed E-state index contributed by atoms with van der Waals surface area (Å²) in [6.45, 7) is 1.87. The number of methoxy groups -OCH3 is 1. The number of rotatable bonds is 5. The Morgan fingerprint density at radius 1 is 1.17 bits per heavy atom. The molecule has 4 nitrogen and oxygen atoms in total. The van der Waals surface area contributed by atoms with Crippen LogP contribution < -0.4 is 4.74 Å². The molecule has 0 unspecified atom stereocenters. The monoisotopic (exact) mass is 335 g/mol. The van der Waals surface area contributed by atoms with Gasteiger partial charge in [-0.3, -0.25) is 4.57 Å². The third-order valence-electron chi connectivity index (χ3n) is 3.57. The van der Waals surface area contributed by atoms with E-state index in [1.165, 1.54) is 11.8 Å². The molecule has 24 heavy (non-hydrogen) atoms. The summed E-state index contributed by atoms with van der Waals surface area (Å²) in [5.74, 6) is 0.782. The number of hydrogen-bond donors (Lipinski definition) is 0. The molecule has 0 bridgehead atoms. The highest BCUT2D eigenvalue weighted by Gasteiger charge is 2.16. The van der Waals surface area contributed by atoms with Gasteiger partial charge in [-0.1, -0.05) is 48.2 Å². The van der Waals surface area contributed by atoms with E-state index in [2.05, 4.69) is 27.8 Å². The molecule has 0 aliphatic carbocycles. The van der Waals surface area contributed by atoms with Crippen LogP contribution in [0.4, 0.5) is 0 Å². The molecule has 0 spiro atoms. The number of ether oxygens (including phenoxy) is 1. The zero-order valence-electron chi connectivity index (χ0n) is 13.5. The van der Waals surface area contributed by atoms with Crippen LogP contribution in [0.3, 0.4) is 0 Å². The molecule has 0 saturated heterocycles. The Kier molecular flexibility index (Phi) is 4.88. The van der Waals surface area contributed by atoms with Gasteiger partial charge < -0.3 is 4.74 Å². The molecule has 3 aromatic rings. The summed E-state index contributed by atoms with van der Waals surface area (Å²) in [7, 11) is 1.65. The first-order valence-electron chi connectivity index (χ1n) is 7.57. The lowest BCUT2D eigenvalue weighted by atomic mass is 10.1. The lowest BCUT2D eigenvalue weighted by molar-refractivity contribution is 0.414. The van der Waals surface area contributed by atoms with Crippen molar-refractivity contribution in [2.24, 2.45) is 0 Å². The van der Waals surface area contributed by atoms with Gasteiger partial charge in [0.05, 0.1) is 36.0 Å². The zero-order valence-corrected chi connectivity index (χ0v) is 14.3. The SMILES string of the molecule is COc1cccc(-n2c(-c3ccccc3)cnc2S[C@H](C)C#N)c1. The van der Waals surface area contributed by atoms with Crippen molar-refractivity contribution in [1.29, 1.82) is 5.26 Å². The molecule has 0 fully saturated rings. The lowest BCUT2D eigenvalue weighted by Gasteiger charge is -2.13. The highest BCUT2D eigenvalue weighted by Crippen LogP contribution is 2.32. The van der Waals surface area contributed by atoms with Crippen molar-refractivity contribution in [1.82, 2.24) is 9.55 Å². The highest BCUT2D eigenvalue weighted by atomic mass is 32.2. The van der Waals surface area contributed by atoms with Crippen molar-refractivity contribution in [3.05, 3.63) is 60.8 Å². The van der Waals surface area contributed by atoms with Crippen LogP contribution in [0.5, 0.6) is 5.75 Å². The van der Waals surface area contributed by atoms with Gasteiger partial charge in [-0.05, 0) is 19.1 Å². The summed E-state index contributed by atoms with van der Waals surface area (Å²) >= 11 is 1.44. The number of hydrogen-bond acceptors (Lipinski definition) is 4. The molecule has 1 heterocycles. The van der Waals surface area contributed by atoms with Crippen LogP contribution in [0.25, 0.3) is 16.9 Å². The lowest BCUT2D eigenvalue weighted by Crippen LogP contribution is -2.02. The van der Waals surface area contributed by atoms with Crippen LogP contribution in [0.1, 0.15) is 6.92 Å².